The molecule has 2 aliphatic rings. The zero-order valence-corrected chi connectivity index (χ0v) is 17.3. The number of carbonyl (C=O) groups excluding carboxylic acids is 1. The summed E-state index contributed by atoms with van der Waals surface area (Å²) in [6.45, 7) is 6.64. The summed E-state index contributed by atoms with van der Waals surface area (Å²) in [5.41, 5.74) is 0.829. The van der Waals surface area contributed by atoms with Crippen LogP contribution in [0.25, 0.3) is 0 Å². The summed E-state index contributed by atoms with van der Waals surface area (Å²) in [6.07, 6.45) is 1.85. The number of guanidine groups is 1. The third-order valence-corrected chi connectivity index (χ3v) is 5.14. The van der Waals surface area contributed by atoms with Gasteiger partial charge in [-0.15, -0.1) is 0 Å². The Morgan fingerprint density at radius 2 is 2.11 bits per heavy atom. The van der Waals surface area contributed by atoms with Gasteiger partial charge >= 0.3 is 0 Å². The first-order valence-corrected chi connectivity index (χ1v) is 9.95. The molecule has 1 aromatic rings. The Labute approximate surface area is 167 Å². The average Bonchev–Trinajstić information content (AvgIpc) is 3.16. The molecule has 1 amide bonds. The van der Waals surface area contributed by atoms with Crippen molar-refractivity contribution in [1.82, 2.24) is 15.5 Å². The minimum absolute atomic E-state index is 0.0296. The Hall–Kier alpha value is -2.28. The van der Waals surface area contributed by atoms with Crippen molar-refractivity contribution in [3.05, 3.63) is 29.8 Å². The normalized spacial score (nSPS) is 23.5. The van der Waals surface area contributed by atoms with Gasteiger partial charge in [0.25, 0.3) is 0 Å². The molecule has 2 aliphatic heterocycles. The van der Waals surface area contributed by atoms with Crippen LogP contribution in [0.3, 0.4) is 0 Å². The number of amides is 1. The largest absolute Gasteiger partial charge is 0.487 e. The molecule has 2 unspecified atom stereocenters. The molecule has 3 rings (SSSR count). The van der Waals surface area contributed by atoms with Crippen molar-refractivity contribution in [2.75, 3.05) is 40.4 Å². The SMILES string of the molecule is CN(C)C(=O)CN=C(NCC1CCOC1)NC1CC(C)(C)Oc2ccccc21. The summed E-state index contributed by atoms with van der Waals surface area (Å²) in [7, 11) is 3.48. The lowest BCUT2D eigenvalue weighted by molar-refractivity contribution is -0.127. The molecule has 7 heteroatoms. The summed E-state index contributed by atoms with van der Waals surface area (Å²) in [6, 6.07) is 8.14. The van der Waals surface area contributed by atoms with Crippen LogP contribution in [0.2, 0.25) is 0 Å². The van der Waals surface area contributed by atoms with Crippen LogP contribution in [0.15, 0.2) is 29.3 Å². The second-order valence-corrected chi connectivity index (χ2v) is 8.36. The third-order valence-electron chi connectivity index (χ3n) is 5.14. The van der Waals surface area contributed by atoms with Crippen molar-refractivity contribution in [3.8, 4) is 5.75 Å². The second-order valence-electron chi connectivity index (χ2n) is 8.36. The van der Waals surface area contributed by atoms with E-state index in [1.54, 1.807) is 19.0 Å². The molecule has 0 aromatic heterocycles. The van der Waals surface area contributed by atoms with E-state index >= 15 is 0 Å². The first kappa shape index (κ1) is 20.5. The molecule has 0 bridgehead atoms. The standard InChI is InChI=1S/C21H32N4O3/c1-21(2)11-17(16-7-5-6-8-18(16)28-21)24-20(23-13-19(26)25(3)4)22-12-15-9-10-27-14-15/h5-8,15,17H,9-14H2,1-4H3,(H2,22,23,24). The molecule has 154 valence electrons. The second kappa shape index (κ2) is 8.82. The molecular formula is C21H32N4O3. The molecule has 1 fully saturated rings. The summed E-state index contributed by atoms with van der Waals surface area (Å²) in [5, 5.41) is 6.94. The van der Waals surface area contributed by atoms with E-state index in [4.69, 9.17) is 9.47 Å². The van der Waals surface area contributed by atoms with Crippen molar-refractivity contribution in [1.29, 1.82) is 0 Å². The predicted octanol–water partition coefficient (Wildman–Crippen LogP) is 1.95. The Morgan fingerprint density at radius 1 is 1.32 bits per heavy atom. The van der Waals surface area contributed by atoms with Gasteiger partial charge in [-0.2, -0.15) is 0 Å². The highest BCUT2D eigenvalue weighted by atomic mass is 16.5. The highest BCUT2D eigenvalue weighted by Gasteiger charge is 2.34. The summed E-state index contributed by atoms with van der Waals surface area (Å²) in [5.74, 6) is 1.98. The van der Waals surface area contributed by atoms with E-state index in [9.17, 15) is 4.79 Å². The van der Waals surface area contributed by atoms with Gasteiger partial charge in [0.1, 0.15) is 17.9 Å². The van der Waals surface area contributed by atoms with Crippen LogP contribution in [-0.2, 0) is 9.53 Å². The van der Waals surface area contributed by atoms with Crippen LogP contribution in [-0.4, -0.2) is 62.8 Å². The van der Waals surface area contributed by atoms with E-state index in [1.807, 2.05) is 18.2 Å². The Kier molecular flexibility index (Phi) is 6.44. The minimum Gasteiger partial charge on any atom is -0.487 e. The van der Waals surface area contributed by atoms with Crippen molar-refractivity contribution < 1.29 is 14.3 Å². The fourth-order valence-corrected chi connectivity index (χ4v) is 3.52. The number of para-hydroxylation sites is 1. The number of aliphatic imine (C=N–C) groups is 1. The van der Waals surface area contributed by atoms with Crippen LogP contribution in [0, 0.1) is 5.92 Å². The van der Waals surface area contributed by atoms with Gasteiger partial charge in [-0.1, -0.05) is 18.2 Å². The number of likely N-dealkylation sites (N-methyl/N-ethyl adjacent to an activating group) is 1. The zero-order valence-electron chi connectivity index (χ0n) is 17.3. The lowest BCUT2D eigenvalue weighted by Gasteiger charge is -2.38. The van der Waals surface area contributed by atoms with Gasteiger partial charge in [-0.25, -0.2) is 4.99 Å². The van der Waals surface area contributed by atoms with E-state index in [-0.39, 0.29) is 24.1 Å². The van der Waals surface area contributed by atoms with Gasteiger partial charge in [0.2, 0.25) is 5.91 Å². The predicted molar refractivity (Wildman–Crippen MR) is 110 cm³/mol. The van der Waals surface area contributed by atoms with Crippen LogP contribution < -0.4 is 15.4 Å². The van der Waals surface area contributed by atoms with E-state index in [1.165, 1.54) is 0 Å². The van der Waals surface area contributed by atoms with Crippen LogP contribution in [0.4, 0.5) is 0 Å². The number of hydrogen-bond donors (Lipinski definition) is 2. The Bertz CT molecular complexity index is 711. The molecule has 2 atom stereocenters. The molecule has 28 heavy (non-hydrogen) atoms. The summed E-state index contributed by atoms with van der Waals surface area (Å²) < 4.78 is 11.6. The van der Waals surface area contributed by atoms with E-state index < -0.39 is 0 Å². The van der Waals surface area contributed by atoms with E-state index in [0.717, 1.165) is 43.9 Å². The molecule has 2 N–H and O–H groups in total. The van der Waals surface area contributed by atoms with Gasteiger partial charge < -0.3 is 25.0 Å². The number of benzene rings is 1. The Balaban J connectivity index is 1.75. The lowest BCUT2D eigenvalue weighted by Crippen LogP contribution is -2.46. The molecule has 7 nitrogen and oxygen atoms in total. The van der Waals surface area contributed by atoms with Crippen molar-refractivity contribution >= 4 is 11.9 Å². The first-order chi connectivity index (χ1) is 13.3. The van der Waals surface area contributed by atoms with Crippen LogP contribution in [0.5, 0.6) is 5.75 Å². The summed E-state index contributed by atoms with van der Waals surface area (Å²) >= 11 is 0. The number of rotatable bonds is 5. The highest BCUT2D eigenvalue weighted by Crippen LogP contribution is 2.39. The first-order valence-electron chi connectivity index (χ1n) is 9.95. The molecule has 0 spiro atoms. The Morgan fingerprint density at radius 3 is 2.82 bits per heavy atom. The quantitative estimate of drug-likeness (QED) is 0.596. The number of nitrogens with zero attached hydrogens (tertiary/aromatic N) is 2. The molecular weight excluding hydrogens is 356 g/mol. The van der Waals surface area contributed by atoms with E-state index in [0.29, 0.717) is 11.9 Å². The number of fused-ring (bicyclic) bond motifs is 1. The smallest absolute Gasteiger partial charge is 0.243 e. The monoisotopic (exact) mass is 388 g/mol. The number of hydrogen-bond acceptors (Lipinski definition) is 4. The lowest BCUT2D eigenvalue weighted by atomic mass is 9.90. The highest BCUT2D eigenvalue weighted by molar-refractivity contribution is 5.85. The summed E-state index contributed by atoms with van der Waals surface area (Å²) in [4.78, 5) is 18.1. The maximum Gasteiger partial charge on any atom is 0.243 e. The van der Waals surface area contributed by atoms with Crippen molar-refractivity contribution in [2.45, 2.75) is 38.3 Å². The molecule has 0 radical (unpaired) electrons. The topological polar surface area (TPSA) is 75.2 Å². The maximum atomic E-state index is 12.0. The number of nitrogens with one attached hydrogen (secondary N) is 2. The molecule has 0 aliphatic carbocycles. The van der Waals surface area contributed by atoms with Crippen molar-refractivity contribution in [3.63, 3.8) is 0 Å². The van der Waals surface area contributed by atoms with Gasteiger partial charge in [-0.3, -0.25) is 4.79 Å². The molecule has 2 heterocycles. The van der Waals surface area contributed by atoms with Gasteiger partial charge in [-0.05, 0) is 26.3 Å². The van der Waals surface area contributed by atoms with E-state index in [2.05, 4.69) is 35.5 Å². The van der Waals surface area contributed by atoms with Crippen LogP contribution >= 0.6 is 0 Å². The average molecular weight is 389 g/mol. The molecule has 0 saturated carbocycles. The van der Waals surface area contributed by atoms with Crippen LogP contribution in [0.1, 0.15) is 38.3 Å². The zero-order chi connectivity index (χ0) is 20.1. The molecule has 1 aromatic carbocycles. The third kappa shape index (κ3) is 5.38. The van der Waals surface area contributed by atoms with Gasteiger partial charge in [0.05, 0.1) is 12.6 Å². The fraction of sp³-hybridized carbons (Fsp3) is 0.619. The minimum atomic E-state index is -0.282. The van der Waals surface area contributed by atoms with Crippen molar-refractivity contribution in [2.24, 2.45) is 10.9 Å². The van der Waals surface area contributed by atoms with Gasteiger partial charge in [0.15, 0.2) is 5.96 Å². The number of ether oxygens (including phenoxy) is 2. The van der Waals surface area contributed by atoms with Gasteiger partial charge in [0, 0.05) is 45.1 Å². The maximum absolute atomic E-state index is 12.0. The fourth-order valence-electron chi connectivity index (χ4n) is 3.52. The number of carbonyl (C=O) groups is 1. The molecule has 1 saturated heterocycles.